The number of carbonyl (C=O) groups excluding carboxylic acids is 3. The van der Waals surface area contributed by atoms with Crippen LogP contribution in [-0.4, -0.2) is 31.3 Å². The third-order valence-electron chi connectivity index (χ3n) is 3.08. The molecule has 21 heavy (non-hydrogen) atoms. The second-order valence-corrected chi connectivity index (χ2v) is 5.40. The van der Waals surface area contributed by atoms with Gasteiger partial charge < -0.3 is 16.0 Å². The molecule has 0 radical (unpaired) electrons. The first-order valence-corrected chi connectivity index (χ1v) is 6.64. The van der Waals surface area contributed by atoms with Gasteiger partial charge in [0.1, 0.15) is 0 Å². The van der Waals surface area contributed by atoms with Gasteiger partial charge in [0.15, 0.2) is 5.78 Å². The maximum Gasteiger partial charge on any atom is 0.319 e. The van der Waals surface area contributed by atoms with E-state index in [0.717, 1.165) is 0 Å². The smallest absolute Gasteiger partial charge is 0.319 e. The van der Waals surface area contributed by atoms with E-state index in [4.69, 9.17) is 0 Å². The first-order chi connectivity index (χ1) is 9.76. The lowest BCUT2D eigenvalue weighted by Crippen LogP contribution is -2.44. The molecule has 0 aromatic heterocycles. The van der Waals surface area contributed by atoms with Gasteiger partial charge in [-0.3, -0.25) is 9.59 Å². The Morgan fingerprint density at radius 3 is 2.14 bits per heavy atom. The number of carbonyl (C=O) groups is 3. The molecule has 0 fully saturated rings. The van der Waals surface area contributed by atoms with E-state index in [1.54, 1.807) is 45.2 Å². The number of urea groups is 1. The summed E-state index contributed by atoms with van der Waals surface area (Å²) in [5.74, 6) is -0.174. The average Bonchev–Trinajstić information content (AvgIpc) is 2.45. The van der Waals surface area contributed by atoms with Crippen LogP contribution in [0.3, 0.4) is 0 Å². The van der Waals surface area contributed by atoms with Crippen molar-refractivity contribution in [2.45, 2.75) is 20.8 Å². The van der Waals surface area contributed by atoms with Gasteiger partial charge >= 0.3 is 6.03 Å². The van der Waals surface area contributed by atoms with Crippen LogP contribution in [0.5, 0.6) is 0 Å². The normalized spacial score (nSPS) is 10.7. The van der Waals surface area contributed by atoms with E-state index in [0.29, 0.717) is 11.3 Å². The lowest BCUT2D eigenvalue weighted by atomic mass is 9.92. The Bertz CT molecular complexity index is 536. The Hall–Kier alpha value is -2.37. The molecule has 0 heterocycles. The van der Waals surface area contributed by atoms with E-state index >= 15 is 0 Å². The van der Waals surface area contributed by atoms with E-state index in [-0.39, 0.29) is 18.2 Å². The lowest BCUT2D eigenvalue weighted by Gasteiger charge is -2.22. The van der Waals surface area contributed by atoms with Gasteiger partial charge in [-0.25, -0.2) is 4.79 Å². The van der Waals surface area contributed by atoms with E-state index in [1.807, 2.05) is 0 Å². The van der Waals surface area contributed by atoms with Crippen molar-refractivity contribution in [2.24, 2.45) is 5.41 Å². The van der Waals surface area contributed by atoms with Gasteiger partial charge in [0.25, 0.3) is 0 Å². The van der Waals surface area contributed by atoms with Crippen LogP contribution in [0.25, 0.3) is 0 Å². The van der Waals surface area contributed by atoms with Crippen molar-refractivity contribution in [1.82, 2.24) is 10.6 Å². The van der Waals surface area contributed by atoms with Crippen molar-refractivity contribution >= 4 is 23.4 Å². The highest BCUT2D eigenvalue weighted by Gasteiger charge is 2.26. The third kappa shape index (κ3) is 4.91. The summed E-state index contributed by atoms with van der Waals surface area (Å²) < 4.78 is 0. The van der Waals surface area contributed by atoms with Gasteiger partial charge in [0.05, 0.1) is 5.41 Å². The van der Waals surface area contributed by atoms with Crippen molar-refractivity contribution < 1.29 is 14.4 Å². The number of ketones is 1. The second-order valence-electron chi connectivity index (χ2n) is 5.40. The average molecular weight is 291 g/mol. The molecule has 0 aliphatic rings. The Labute approximate surface area is 124 Å². The minimum Gasteiger partial charge on any atom is -0.359 e. The molecule has 0 saturated carbocycles. The molecule has 1 aromatic carbocycles. The SMILES string of the molecule is CNC(=O)C(C)(C)CNC(=O)Nc1ccc(C(C)=O)cc1. The molecule has 0 aliphatic carbocycles. The largest absolute Gasteiger partial charge is 0.359 e. The van der Waals surface area contributed by atoms with Crippen molar-refractivity contribution in [2.75, 3.05) is 18.9 Å². The molecule has 6 heteroatoms. The van der Waals surface area contributed by atoms with Crippen molar-refractivity contribution in [1.29, 1.82) is 0 Å². The fourth-order valence-corrected chi connectivity index (χ4v) is 1.68. The van der Waals surface area contributed by atoms with E-state index in [1.165, 1.54) is 6.92 Å². The fourth-order valence-electron chi connectivity index (χ4n) is 1.68. The van der Waals surface area contributed by atoms with Crippen LogP contribution in [0.4, 0.5) is 10.5 Å². The molecular weight excluding hydrogens is 270 g/mol. The zero-order valence-corrected chi connectivity index (χ0v) is 12.7. The van der Waals surface area contributed by atoms with Crippen LogP contribution in [-0.2, 0) is 4.79 Å². The molecule has 1 rings (SSSR count). The topological polar surface area (TPSA) is 87.3 Å². The van der Waals surface area contributed by atoms with Gasteiger partial charge in [0, 0.05) is 24.8 Å². The number of anilines is 1. The molecule has 6 nitrogen and oxygen atoms in total. The van der Waals surface area contributed by atoms with Gasteiger partial charge in [-0.15, -0.1) is 0 Å². The molecule has 114 valence electrons. The fraction of sp³-hybridized carbons (Fsp3) is 0.400. The van der Waals surface area contributed by atoms with E-state index < -0.39 is 11.4 Å². The number of hydrogen-bond acceptors (Lipinski definition) is 3. The Morgan fingerprint density at radius 1 is 1.10 bits per heavy atom. The quantitative estimate of drug-likeness (QED) is 0.723. The Morgan fingerprint density at radius 2 is 1.67 bits per heavy atom. The zero-order chi connectivity index (χ0) is 16.0. The molecule has 3 amide bonds. The summed E-state index contributed by atoms with van der Waals surface area (Å²) in [6.45, 7) is 5.18. The number of Topliss-reactive ketones (excluding diaryl/α,β-unsaturated/α-hetero) is 1. The lowest BCUT2D eigenvalue weighted by molar-refractivity contribution is -0.128. The minimum atomic E-state index is -0.690. The summed E-state index contributed by atoms with van der Waals surface area (Å²) >= 11 is 0. The molecule has 0 aliphatic heterocycles. The minimum absolute atomic E-state index is 0.0293. The molecule has 0 unspecified atom stereocenters. The molecule has 3 N–H and O–H groups in total. The first kappa shape index (κ1) is 16.7. The maximum absolute atomic E-state index is 11.8. The van der Waals surface area contributed by atoms with Crippen LogP contribution >= 0.6 is 0 Å². The van der Waals surface area contributed by atoms with Crippen molar-refractivity contribution in [3.63, 3.8) is 0 Å². The Kier molecular flexibility index (Phi) is 5.46. The monoisotopic (exact) mass is 291 g/mol. The summed E-state index contributed by atoms with van der Waals surface area (Å²) in [5, 5.41) is 7.84. The van der Waals surface area contributed by atoms with Gasteiger partial charge in [0.2, 0.25) is 5.91 Å². The Balaban J connectivity index is 2.54. The predicted octanol–water partition coefficient (Wildman–Crippen LogP) is 1.78. The number of nitrogens with one attached hydrogen (secondary N) is 3. The number of benzene rings is 1. The number of rotatable bonds is 5. The first-order valence-electron chi connectivity index (χ1n) is 6.64. The standard InChI is InChI=1S/C15H21N3O3/c1-10(19)11-5-7-12(8-6-11)18-14(21)17-9-15(2,3)13(20)16-4/h5-8H,9H2,1-4H3,(H,16,20)(H2,17,18,21). The van der Waals surface area contributed by atoms with Crippen LogP contribution in [0.2, 0.25) is 0 Å². The van der Waals surface area contributed by atoms with Crippen molar-refractivity contribution in [3.05, 3.63) is 29.8 Å². The summed E-state index contributed by atoms with van der Waals surface area (Å²) in [7, 11) is 1.56. The summed E-state index contributed by atoms with van der Waals surface area (Å²) in [6.07, 6.45) is 0. The maximum atomic E-state index is 11.8. The predicted molar refractivity (Wildman–Crippen MR) is 81.3 cm³/mol. The highest BCUT2D eigenvalue weighted by molar-refractivity contribution is 5.95. The molecule has 0 saturated heterocycles. The number of hydrogen-bond donors (Lipinski definition) is 3. The van der Waals surface area contributed by atoms with Gasteiger partial charge in [-0.2, -0.15) is 0 Å². The van der Waals surface area contributed by atoms with Crippen molar-refractivity contribution in [3.8, 4) is 0 Å². The molecule has 0 spiro atoms. The van der Waals surface area contributed by atoms with Gasteiger partial charge in [-0.05, 0) is 45.0 Å². The second kappa shape index (κ2) is 6.88. The van der Waals surface area contributed by atoms with Gasteiger partial charge in [-0.1, -0.05) is 0 Å². The summed E-state index contributed by atoms with van der Waals surface area (Å²) in [4.78, 5) is 34.5. The highest BCUT2D eigenvalue weighted by atomic mass is 16.2. The zero-order valence-electron chi connectivity index (χ0n) is 12.7. The van der Waals surface area contributed by atoms with E-state index in [2.05, 4.69) is 16.0 Å². The van der Waals surface area contributed by atoms with Crippen LogP contribution in [0, 0.1) is 5.41 Å². The molecular formula is C15H21N3O3. The van der Waals surface area contributed by atoms with Crippen LogP contribution < -0.4 is 16.0 Å². The summed E-state index contributed by atoms with van der Waals surface area (Å²) in [5.41, 5.74) is 0.474. The van der Waals surface area contributed by atoms with Crippen LogP contribution in [0.15, 0.2) is 24.3 Å². The summed E-state index contributed by atoms with van der Waals surface area (Å²) in [6, 6.07) is 6.20. The molecule has 0 bridgehead atoms. The highest BCUT2D eigenvalue weighted by Crippen LogP contribution is 2.14. The third-order valence-corrected chi connectivity index (χ3v) is 3.08. The van der Waals surface area contributed by atoms with Crippen LogP contribution in [0.1, 0.15) is 31.1 Å². The molecule has 0 atom stereocenters. The van der Waals surface area contributed by atoms with E-state index in [9.17, 15) is 14.4 Å². The molecule has 1 aromatic rings. The number of amides is 3.